The average Bonchev–Trinajstić information content (AvgIpc) is 3.64. The number of likely N-dealkylation sites (tertiary alicyclic amines) is 2. The molecule has 2 saturated heterocycles. The second kappa shape index (κ2) is 34.0. The number of amidine groups is 1. The van der Waals surface area contributed by atoms with Crippen LogP contribution in [0.15, 0.2) is 22.7 Å². The van der Waals surface area contributed by atoms with Crippen LogP contribution in [0.3, 0.4) is 0 Å². The predicted molar refractivity (Wildman–Crippen MR) is 261 cm³/mol. The van der Waals surface area contributed by atoms with Crippen molar-refractivity contribution in [3.8, 4) is 5.75 Å². The molecule has 1 spiro atoms. The van der Waals surface area contributed by atoms with Crippen LogP contribution in [-0.2, 0) is 68.3 Å². The molecule has 0 radical (unpaired) electrons. The fourth-order valence-corrected chi connectivity index (χ4v) is 9.04. The fraction of sp³-hybridized carbons (Fsp3) is 0.694. The number of aliphatic imine (C=N–C) groups is 1. The van der Waals surface area contributed by atoms with Crippen LogP contribution in [0.4, 0.5) is 23.2 Å². The van der Waals surface area contributed by atoms with Gasteiger partial charge in [0.05, 0.1) is 156 Å². The van der Waals surface area contributed by atoms with Crippen LogP contribution in [0.2, 0.25) is 0 Å². The zero-order valence-electron chi connectivity index (χ0n) is 42.2. The lowest BCUT2D eigenvalue weighted by Crippen LogP contribution is -2.71. The molecule has 0 saturated carbocycles. The maximum absolute atomic E-state index is 13.6. The molecule has 0 bridgehead atoms. The van der Waals surface area contributed by atoms with E-state index in [0.29, 0.717) is 149 Å². The molecule has 0 atom stereocenters. The zero-order chi connectivity index (χ0) is 52.1. The molecule has 3 aliphatic rings. The third-order valence-electron chi connectivity index (χ3n) is 11.2. The number of hydrogen-bond acceptors (Lipinski definition) is 19. The number of hydrogen-bond donors (Lipinski definition) is 1. The Bertz CT molecular complexity index is 1980. The number of nitrogens with zero attached hydrogens (tertiary/aromatic N) is 4. The minimum atomic E-state index is -1.80. The highest BCUT2D eigenvalue weighted by molar-refractivity contribution is 7.13. The van der Waals surface area contributed by atoms with Gasteiger partial charge < -0.3 is 57.8 Å². The van der Waals surface area contributed by atoms with Crippen LogP contribution in [0.25, 0.3) is 6.08 Å². The molecule has 3 aliphatic heterocycles. The van der Waals surface area contributed by atoms with Crippen molar-refractivity contribution in [2.45, 2.75) is 39.7 Å². The summed E-state index contributed by atoms with van der Waals surface area (Å²) in [6.07, 6.45) is 2.64. The number of carbonyl (C=O) groups is 2. The molecule has 0 aliphatic carbocycles. The van der Waals surface area contributed by atoms with Crippen LogP contribution in [-0.4, -0.2) is 211 Å². The number of benzene rings is 1. The van der Waals surface area contributed by atoms with E-state index < -0.39 is 41.4 Å². The molecule has 0 unspecified atom stereocenters. The number of thiophene rings is 1. The lowest BCUT2D eigenvalue weighted by atomic mass is 9.73. The molecular weight excluding hydrogens is 991 g/mol. The maximum atomic E-state index is 13.6. The van der Waals surface area contributed by atoms with Crippen molar-refractivity contribution in [1.82, 2.24) is 14.9 Å². The Balaban J connectivity index is 0.705. The van der Waals surface area contributed by atoms with Gasteiger partial charge in [-0.3, -0.25) is 24.2 Å². The Hall–Kier alpha value is -3.73. The molecule has 5 rings (SSSR count). The van der Waals surface area contributed by atoms with Crippen molar-refractivity contribution in [1.29, 1.82) is 0 Å². The van der Waals surface area contributed by atoms with Crippen LogP contribution >= 0.6 is 11.3 Å². The van der Waals surface area contributed by atoms with Gasteiger partial charge in [0.15, 0.2) is 11.6 Å². The number of fused-ring (bicyclic) bond motifs is 1. The lowest BCUT2D eigenvalue weighted by molar-refractivity contribution is -0.180. The van der Waals surface area contributed by atoms with Crippen molar-refractivity contribution in [3.63, 3.8) is 0 Å². The minimum Gasteiger partial charge on any atom is -0.420 e. The molecule has 412 valence electrons. The monoisotopic (exact) mass is 1060 g/mol. The highest BCUT2D eigenvalue weighted by Gasteiger charge is 2.51. The normalized spacial score (nSPS) is 15.4. The summed E-state index contributed by atoms with van der Waals surface area (Å²) in [7, 11) is 0. The van der Waals surface area contributed by atoms with Gasteiger partial charge in [-0.2, -0.15) is 8.78 Å². The van der Waals surface area contributed by atoms with Gasteiger partial charge in [-0.05, 0) is 25.5 Å². The molecule has 2 N–H and O–H groups in total. The number of esters is 1. The van der Waals surface area contributed by atoms with Crippen molar-refractivity contribution < 1.29 is 84.1 Å². The highest BCUT2D eigenvalue weighted by Crippen LogP contribution is 2.42. The first-order valence-corrected chi connectivity index (χ1v) is 25.7. The molecule has 1 aromatic carbocycles. The Labute approximate surface area is 428 Å². The molecule has 24 heteroatoms. The van der Waals surface area contributed by atoms with Crippen molar-refractivity contribution >= 4 is 40.8 Å². The topological polar surface area (TPSA) is 193 Å². The van der Waals surface area contributed by atoms with Gasteiger partial charge in [-0.1, -0.05) is 6.92 Å². The van der Waals surface area contributed by atoms with Gasteiger partial charge in [0, 0.05) is 74.2 Å². The molecule has 2 aromatic rings. The highest BCUT2D eigenvalue weighted by atomic mass is 32.1. The Morgan fingerprint density at radius 2 is 1.11 bits per heavy atom. The summed E-state index contributed by atoms with van der Waals surface area (Å²) in [6.45, 7) is 18.7. The summed E-state index contributed by atoms with van der Waals surface area (Å²) in [5.74, 6) is -9.21. The van der Waals surface area contributed by atoms with E-state index in [1.807, 2.05) is 19.9 Å². The number of hydroxylamine groups is 2. The van der Waals surface area contributed by atoms with E-state index in [2.05, 4.69) is 25.6 Å². The SMILES string of the molecule is CCCN(OCC)C(=O)C1=Cc2sc(CN3CC4(CN(CCOCCOCCOCCOCCOCCOCCOCCOCCOCCOCCC(=O)Oc5c(F)c(F)cc(F)c5F)C4)C3)cc2N=C(N)C1. The van der Waals surface area contributed by atoms with Crippen LogP contribution < -0.4 is 10.5 Å². The first-order valence-electron chi connectivity index (χ1n) is 24.9. The van der Waals surface area contributed by atoms with Gasteiger partial charge >= 0.3 is 5.97 Å². The first-order chi connectivity index (χ1) is 35.5. The molecule has 73 heavy (non-hydrogen) atoms. The largest absolute Gasteiger partial charge is 0.420 e. The van der Waals surface area contributed by atoms with Crippen molar-refractivity contribution in [3.05, 3.63) is 50.7 Å². The molecular formula is C49H73F4N5O14S. The number of halogens is 4. The first kappa shape index (κ1) is 60.1. The second-order valence-corrected chi connectivity index (χ2v) is 18.4. The second-order valence-electron chi connectivity index (χ2n) is 17.2. The number of nitrogens with two attached hydrogens (primary N) is 1. The number of rotatable bonds is 41. The summed E-state index contributed by atoms with van der Waals surface area (Å²) in [5, 5.41) is 1.44. The summed E-state index contributed by atoms with van der Waals surface area (Å²) in [4.78, 5) is 42.3. The maximum Gasteiger partial charge on any atom is 0.313 e. The van der Waals surface area contributed by atoms with Gasteiger partial charge in [0.2, 0.25) is 17.4 Å². The molecule has 4 heterocycles. The van der Waals surface area contributed by atoms with Crippen molar-refractivity contribution in [2.24, 2.45) is 16.1 Å². The summed E-state index contributed by atoms with van der Waals surface area (Å²) in [5.41, 5.74) is 8.03. The molecule has 19 nitrogen and oxygen atoms in total. The molecule has 2 fully saturated rings. The van der Waals surface area contributed by atoms with Gasteiger partial charge in [-0.15, -0.1) is 11.3 Å². The van der Waals surface area contributed by atoms with E-state index >= 15 is 0 Å². The van der Waals surface area contributed by atoms with Gasteiger partial charge in [0.25, 0.3) is 5.91 Å². The quantitative estimate of drug-likeness (QED) is 0.0243. The van der Waals surface area contributed by atoms with Gasteiger partial charge in [-0.25, -0.2) is 18.8 Å². The Morgan fingerprint density at radius 1 is 0.658 bits per heavy atom. The van der Waals surface area contributed by atoms with Crippen LogP contribution in [0.5, 0.6) is 5.75 Å². The van der Waals surface area contributed by atoms with E-state index in [-0.39, 0.29) is 31.8 Å². The Kier molecular flexibility index (Phi) is 28.0. The fourth-order valence-electron chi connectivity index (χ4n) is 7.93. The molecule has 1 aromatic heterocycles. The molecule has 1 amide bonds. The van der Waals surface area contributed by atoms with E-state index in [1.54, 1.807) is 11.3 Å². The summed E-state index contributed by atoms with van der Waals surface area (Å²) in [6, 6.07) is 2.12. The van der Waals surface area contributed by atoms with E-state index in [9.17, 15) is 27.2 Å². The van der Waals surface area contributed by atoms with E-state index in [4.69, 9.17) is 57.9 Å². The smallest absolute Gasteiger partial charge is 0.313 e. The van der Waals surface area contributed by atoms with E-state index in [0.717, 1.165) is 56.3 Å². The number of ether oxygens (including phenoxy) is 11. The number of amides is 1. The minimum absolute atomic E-state index is 0.0191. The zero-order valence-corrected chi connectivity index (χ0v) is 43.0. The van der Waals surface area contributed by atoms with E-state index in [1.165, 1.54) is 9.94 Å². The van der Waals surface area contributed by atoms with Crippen LogP contribution in [0.1, 0.15) is 42.9 Å². The van der Waals surface area contributed by atoms with Crippen molar-refractivity contribution in [2.75, 3.05) is 178 Å². The number of carbonyl (C=O) groups excluding carboxylic acids is 2. The van der Waals surface area contributed by atoms with Crippen LogP contribution in [0, 0.1) is 28.7 Å². The van der Waals surface area contributed by atoms with Gasteiger partial charge in [0.1, 0.15) is 5.84 Å². The standard InChI is InChI=1S/C49H73F4N5O14S/c1-3-6-58(71-4-2)48(60)37-28-42-41(55-43(54)29-37)30-38(73-42)32-57-35-49(36-57)33-56(34-49)7-9-62-11-13-64-15-17-66-19-21-68-23-25-70-27-26-69-24-22-67-20-18-65-16-14-63-12-10-61-8-5-44(59)72-47-45(52)39(50)31-40(51)46(47)53/h28,30-31H,3-27,29,32-36H2,1-2H3,(H2,54,55). The summed E-state index contributed by atoms with van der Waals surface area (Å²) >= 11 is 1.68. The average molecular weight is 1060 g/mol. The summed E-state index contributed by atoms with van der Waals surface area (Å²) < 4.78 is 113. The predicted octanol–water partition coefficient (Wildman–Crippen LogP) is 4.55. The lowest BCUT2D eigenvalue weighted by Gasteiger charge is -2.60. The Morgan fingerprint density at radius 3 is 1.58 bits per heavy atom. The third-order valence-corrected chi connectivity index (χ3v) is 12.3. The third kappa shape index (κ3) is 21.8.